The van der Waals surface area contributed by atoms with Crippen molar-refractivity contribution in [3.8, 4) is 11.5 Å². The average molecular weight is 462 g/mol. The summed E-state index contributed by atoms with van der Waals surface area (Å²) in [6, 6.07) is 11.2. The first-order chi connectivity index (χ1) is 15.2. The maximum absolute atomic E-state index is 12.6. The number of nitrogens with one attached hydrogen (secondary N) is 1. The fourth-order valence-electron chi connectivity index (χ4n) is 3.00. The predicted molar refractivity (Wildman–Crippen MR) is 123 cm³/mol. The van der Waals surface area contributed by atoms with Gasteiger partial charge in [-0.25, -0.2) is 4.79 Å². The van der Waals surface area contributed by atoms with Crippen molar-refractivity contribution < 1.29 is 33.7 Å². The van der Waals surface area contributed by atoms with E-state index in [2.05, 4.69) is 17.9 Å². The lowest BCUT2D eigenvalue weighted by molar-refractivity contribution is -0.141. The Morgan fingerprint density at radius 1 is 1.12 bits per heavy atom. The molecule has 0 aliphatic rings. The topological polar surface area (TPSA) is 111 Å². The number of Topliss-reactive ketones (excluding diaryl/α,β-unsaturated/α-hetero) is 1. The van der Waals surface area contributed by atoms with Crippen LogP contribution in [0.15, 0.2) is 42.5 Å². The van der Waals surface area contributed by atoms with Crippen molar-refractivity contribution in [3.05, 3.63) is 53.6 Å². The Morgan fingerprint density at radius 3 is 2.38 bits per heavy atom. The van der Waals surface area contributed by atoms with Crippen LogP contribution in [-0.4, -0.2) is 42.4 Å². The summed E-state index contributed by atoms with van der Waals surface area (Å²) in [5.41, 5.74) is 1.55. The van der Waals surface area contributed by atoms with Crippen LogP contribution in [0.4, 0.5) is 10.5 Å². The van der Waals surface area contributed by atoms with Crippen LogP contribution in [0, 0.1) is 5.92 Å². The third-order valence-corrected chi connectivity index (χ3v) is 5.04. The highest BCUT2D eigenvalue weighted by Gasteiger charge is 2.25. The molecule has 32 heavy (non-hydrogen) atoms. The van der Waals surface area contributed by atoms with Crippen LogP contribution in [0.1, 0.15) is 42.3 Å². The molecule has 0 radical (unpaired) electrons. The van der Waals surface area contributed by atoms with Gasteiger partial charge in [0.05, 0.1) is 19.5 Å². The summed E-state index contributed by atoms with van der Waals surface area (Å²) in [5, 5.41) is 12.8. The third kappa shape index (κ3) is 7.19. The molecule has 0 spiro atoms. The smallest absolute Gasteiger partial charge is 0.412 e. The molecule has 0 heterocycles. The number of anilines is 1. The zero-order valence-electron chi connectivity index (χ0n) is 18.2. The van der Waals surface area contributed by atoms with Gasteiger partial charge in [-0.2, -0.15) is 12.6 Å². The molecule has 1 amide bonds. The second-order valence-electron chi connectivity index (χ2n) is 7.16. The number of ether oxygens (including phenoxy) is 3. The molecule has 2 aromatic carbocycles. The van der Waals surface area contributed by atoms with Gasteiger partial charge in [0, 0.05) is 17.2 Å². The number of esters is 1. The monoisotopic (exact) mass is 461 g/mol. The Morgan fingerprint density at radius 2 is 1.81 bits per heavy atom. The van der Waals surface area contributed by atoms with Gasteiger partial charge in [-0.3, -0.25) is 14.9 Å². The van der Waals surface area contributed by atoms with E-state index in [0.29, 0.717) is 23.2 Å². The summed E-state index contributed by atoms with van der Waals surface area (Å²) in [6.07, 6.45) is -1.03. The van der Waals surface area contributed by atoms with Crippen LogP contribution < -0.4 is 10.1 Å². The van der Waals surface area contributed by atoms with Gasteiger partial charge in [-0.05, 0) is 55.3 Å². The number of ketones is 1. The summed E-state index contributed by atoms with van der Waals surface area (Å²) in [5.74, 6) is -0.588. The number of aromatic hydroxyl groups is 1. The van der Waals surface area contributed by atoms with Crippen LogP contribution in [0.3, 0.4) is 0 Å². The molecular formula is C23H27NO7S. The first-order valence-corrected chi connectivity index (χ1v) is 10.6. The van der Waals surface area contributed by atoms with Crippen molar-refractivity contribution in [1.29, 1.82) is 0 Å². The molecule has 2 N–H and O–H groups in total. The highest BCUT2D eigenvalue weighted by molar-refractivity contribution is 7.81. The lowest BCUT2D eigenvalue weighted by Gasteiger charge is -2.25. The second kappa shape index (κ2) is 12.0. The average Bonchev–Trinajstić information content (AvgIpc) is 2.77. The summed E-state index contributed by atoms with van der Waals surface area (Å²) in [6.45, 7) is 3.44. The van der Waals surface area contributed by atoms with Gasteiger partial charge < -0.3 is 19.3 Å². The van der Waals surface area contributed by atoms with Gasteiger partial charge in [0.2, 0.25) is 0 Å². The highest BCUT2D eigenvalue weighted by Crippen LogP contribution is 2.35. The van der Waals surface area contributed by atoms with Crippen molar-refractivity contribution in [3.63, 3.8) is 0 Å². The van der Waals surface area contributed by atoms with Crippen LogP contribution in [0.2, 0.25) is 0 Å². The van der Waals surface area contributed by atoms with Gasteiger partial charge in [-0.15, -0.1) is 0 Å². The number of carbonyl (C=O) groups is 3. The lowest BCUT2D eigenvalue weighted by Crippen LogP contribution is -2.23. The minimum atomic E-state index is -0.738. The molecule has 0 aliphatic heterocycles. The van der Waals surface area contributed by atoms with E-state index in [0.717, 1.165) is 0 Å². The van der Waals surface area contributed by atoms with E-state index in [1.807, 2.05) is 6.92 Å². The second-order valence-corrected chi connectivity index (χ2v) is 7.48. The predicted octanol–water partition coefficient (Wildman–Crippen LogP) is 4.39. The molecule has 0 aromatic heterocycles. The molecule has 0 aliphatic carbocycles. The summed E-state index contributed by atoms with van der Waals surface area (Å²) < 4.78 is 15.8. The van der Waals surface area contributed by atoms with Crippen molar-refractivity contribution in [2.24, 2.45) is 5.92 Å². The zero-order chi connectivity index (χ0) is 23.7. The maximum atomic E-state index is 12.6. The quantitative estimate of drug-likeness (QED) is 0.273. The Labute approximate surface area is 192 Å². The number of thiol groups is 1. The third-order valence-electron chi connectivity index (χ3n) is 4.79. The molecule has 2 aromatic rings. The molecule has 9 heteroatoms. The van der Waals surface area contributed by atoms with Crippen molar-refractivity contribution in [2.75, 3.05) is 24.8 Å². The first-order valence-electron chi connectivity index (χ1n) is 9.97. The van der Waals surface area contributed by atoms with Crippen LogP contribution in [-0.2, 0) is 14.3 Å². The van der Waals surface area contributed by atoms with E-state index in [-0.39, 0.29) is 35.6 Å². The van der Waals surface area contributed by atoms with Crippen molar-refractivity contribution >= 4 is 36.2 Å². The maximum Gasteiger partial charge on any atom is 0.412 e. The van der Waals surface area contributed by atoms with Crippen LogP contribution in [0.5, 0.6) is 11.5 Å². The first kappa shape index (κ1) is 25.1. The number of benzene rings is 2. The van der Waals surface area contributed by atoms with E-state index >= 15 is 0 Å². The molecule has 8 nitrogen and oxygen atoms in total. The molecule has 0 fully saturated rings. The summed E-state index contributed by atoms with van der Waals surface area (Å²) in [7, 11) is 1.44. The zero-order valence-corrected chi connectivity index (χ0v) is 19.1. The Balaban J connectivity index is 2.15. The molecule has 0 unspecified atom stereocenters. The molecule has 172 valence electrons. The van der Waals surface area contributed by atoms with Gasteiger partial charge in [0.1, 0.15) is 6.10 Å². The SMILES string of the molecule is COc1ccc([C@@H](OC(=O)Nc2ccc(C(C)=O)cc2)[C@H](C)CCOC(=O)CS)cc1O. The van der Waals surface area contributed by atoms with Crippen molar-refractivity contribution in [2.45, 2.75) is 26.4 Å². The standard InChI is InChI=1S/C23H27NO7S/c1-14(10-11-30-21(27)13-32)22(17-6-9-20(29-3)19(26)12-17)31-23(28)24-18-7-4-16(5-8-18)15(2)25/h4-9,12,14,22,26,32H,10-11,13H2,1-3H3,(H,24,28)/t14-,22+/m1/s1. The van der Waals surface area contributed by atoms with Crippen LogP contribution >= 0.6 is 12.6 Å². The van der Waals surface area contributed by atoms with E-state index < -0.39 is 18.2 Å². The summed E-state index contributed by atoms with van der Waals surface area (Å²) in [4.78, 5) is 35.3. The number of phenolic OH excluding ortho intramolecular Hbond substituents is 1. The van der Waals surface area contributed by atoms with Gasteiger partial charge >= 0.3 is 12.1 Å². The minimum Gasteiger partial charge on any atom is -0.504 e. The van der Waals surface area contributed by atoms with Gasteiger partial charge in [-0.1, -0.05) is 13.0 Å². The Bertz CT molecular complexity index is 946. The molecule has 0 bridgehead atoms. The number of rotatable bonds is 10. The van der Waals surface area contributed by atoms with Gasteiger partial charge in [0.25, 0.3) is 0 Å². The molecule has 2 rings (SSSR count). The van der Waals surface area contributed by atoms with Crippen LogP contribution in [0.25, 0.3) is 0 Å². The highest BCUT2D eigenvalue weighted by atomic mass is 32.1. The number of hydrogen-bond donors (Lipinski definition) is 3. The molecule has 0 saturated carbocycles. The molecule has 2 atom stereocenters. The van der Waals surface area contributed by atoms with Crippen molar-refractivity contribution in [1.82, 2.24) is 0 Å². The van der Waals surface area contributed by atoms with E-state index in [9.17, 15) is 19.5 Å². The number of amides is 1. The number of hydrogen-bond acceptors (Lipinski definition) is 8. The normalized spacial score (nSPS) is 12.4. The molecular weight excluding hydrogens is 434 g/mol. The van der Waals surface area contributed by atoms with E-state index in [1.165, 1.54) is 20.1 Å². The largest absolute Gasteiger partial charge is 0.504 e. The Hall–Kier alpha value is -3.20. The fourth-order valence-corrected chi connectivity index (χ4v) is 3.09. The lowest BCUT2D eigenvalue weighted by atomic mass is 9.94. The minimum absolute atomic E-state index is 0.0223. The van der Waals surface area contributed by atoms with E-state index in [1.54, 1.807) is 36.4 Å². The number of carbonyl (C=O) groups excluding carboxylic acids is 3. The molecule has 0 saturated heterocycles. The van der Waals surface area contributed by atoms with Gasteiger partial charge in [0.15, 0.2) is 17.3 Å². The Kier molecular flexibility index (Phi) is 9.39. The fraction of sp³-hybridized carbons (Fsp3) is 0.348. The summed E-state index contributed by atoms with van der Waals surface area (Å²) >= 11 is 3.87. The number of phenols is 1. The van der Waals surface area contributed by atoms with E-state index in [4.69, 9.17) is 14.2 Å². The number of methoxy groups -OCH3 is 1.